The molecule has 0 bridgehead atoms. The molecule has 0 radical (unpaired) electrons. The van der Waals surface area contributed by atoms with E-state index in [2.05, 4.69) is 13.8 Å². The molecule has 2 fully saturated rings. The van der Waals surface area contributed by atoms with E-state index < -0.39 is 0 Å². The van der Waals surface area contributed by atoms with Gasteiger partial charge < -0.3 is 5.48 Å². The molecule has 0 aromatic carbocycles. The Morgan fingerprint density at radius 2 is 0.824 bits per heavy atom. The summed E-state index contributed by atoms with van der Waals surface area (Å²) in [7, 11) is 0. The lowest BCUT2D eigenvalue weighted by molar-refractivity contribution is 0.155. The number of hydrogen-bond donors (Lipinski definition) is 0. The van der Waals surface area contributed by atoms with Gasteiger partial charge in [-0.05, 0) is 49.4 Å². The predicted molar refractivity (Wildman–Crippen MR) is 79.3 cm³/mol. The fourth-order valence-corrected chi connectivity index (χ4v) is 3.51. The summed E-state index contributed by atoms with van der Waals surface area (Å²) in [6.07, 6.45) is 12.2. The Bertz CT molecular complexity index is 148. The van der Waals surface area contributed by atoms with Gasteiger partial charge in [0.2, 0.25) is 0 Å². The van der Waals surface area contributed by atoms with E-state index in [1.807, 2.05) is 13.8 Å². The smallest absolute Gasteiger partial charge is 0 e. The van der Waals surface area contributed by atoms with E-state index in [-0.39, 0.29) is 6.90 Å². The summed E-state index contributed by atoms with van der Waals surface area (Å²) >= 11 is 0. The summed E-state index contributed by atoms with van der Waals surface area (Å²) < 4.78 is 0. The Morgan fingerprint density at radius 3 is 1.06 bits per heavy atom. The van der Waals surface area contributed by atoms with E-state index in [4.69, 9.17) is 0 Å². The maximum Gasteiger partial charge on any atom is 0 e. The maximum absolute atomic E-state index is 2.43. The predicted octanol–water partition coefficient (Wildman–Crippen LogP) is 5.09. The molecule has 17 heavy (non-hydrogen) atoms. The molecule has 2 rings (SSSR count). The molecule has 0 amide bonds. The Morgan fingerprint density at radius 1 is 0.588 bits per heavy atom. The first kappa shape index (κ1) is 17.0. The van der Waals surface area contributed by atoms with Crippen LogP contribution in [0.25, 0.3) is 0 Å². The molecular formula is C16H36O. The van der Waals surface area contributed by atoms with Crippen LogP contribution in [0, 0.1) is 23.7 Å². The molecule has 0 atom stereocenters. The monoisotopic (exact) mass is 244 g/mol. The third-order valence-corrected chi connectivity index (χ3v) is 4.79. The van der Waals surface area contributed by atoms with Crippen LogP contribution < -0.4 is 0 Å². The Hall–Kier alpha value is -0.0400. The van der Waals surface area contributed by atoms with E-state index in [9.17, 15) is 0 Å². The number of hydrogen-bond acceptors (Lipinski definition) is 0. The van der Waals surface area contributed by atoms with Gasteiger partial charge in [-0.2, -0.15) is 0 Å². The third kappa shape index (κ3) is 5.42. The minimum atomic E-state index is 0. The van der Waals surface area contributed by atoms with Crippen molar-refractivity contribution in [3.05, 3.63) is 0 Å². The molecule has 0 heterocycles. The van der Waals surface area contributed by atoms with Crippen molar-refractivity contribution in [2.45, 2.75) is 79.1 Å². The summed E-state index contributed by atoms with van der Waals surface area (Å²) in [4.78, 5) is 0. The minimum absolute atomic E-state index is 0. The van der Waals surface area contributed by atoms with Crippen molar-refractivity contribution in [2.24, 2.45) is 23.7 Å². The van der Waals surface area contributed by atoms with Gasteiger partial charge in [0.25, 0.3) is 0 Å². The van der Waals surface area contributed by atoms with Crippen molar-refractivity contribution in [3.8, 4) is 0 Å². The van der Waals surface area contributed by atoms with Crippen LogP contribution >= 0.6 is 0 Å². The zero-order valence-electron chi connectivity index (χ0n) is 12.5. The highest BCUT2D eigenvalue weighted by atomic mass is 16.0. The van der Waals surface area contributed by atoms with Gasteiger partial charge in [-0.1, -0.05) is 53.4 Å². The van der Waals surface area contributed by atoms with Crippen molar-refractivity contribution >= 4 is 0 Å². The van der Waals surface area contributed by atoms with Crippen molar-refractivity contribution in [3.63, 3.8) is 0 Å². The topological polar surface area (TPSA) is 31.5 Å². The molecule has 2 N–H and O–H groups in total. The molecule has 1 nitrogen and oxygen atoms in total. The molecule has 1 heteroatoms. The molecule has 0 unspecified atom stereocenters. The highest BCUT2D eigenvalue weighted by Gasteiger charge is 2.28. The molecule has 2 saturated carbocycles. The molecule has 2 aliphatic rings. The first-order chi connectivity index (χ1) is 7.75. The second kappa shape index (κ2) is 8.97. The quantitative estimate of drug-likeness (QED) is 0.615. The molecule has 2 aliphatic carbocycles. The summed E-state index contributed by atoms with van der Waals surface area (Å²) in [5, 5.41) is 0. The summed E-state index contributed by atoms with van der Waals surface area (Å²) in [6, 6.07) is 0. The van der Waals surface area contributed by atoms with Gasteiger partial charge in [0.1, 0.15) is 0 Å². The average Bonchev–Trinajstić information content (AvgIpc) is 2.34. The lowest BCUT2D eigenvalue weighted by Crippen LogP contribution is -2.24. The van der Waals surface area contributed by atoms with E-state index in [1.54, 1.807) is 25.7 Å². The molecule has 0 spiro atoms. The van der Waals surface area contributed by atoms with Crippen LogP contribution in [-0.2, 0) is 0 Å². The zero-order chi connectivity index (χ0) is 12.0. The third-order valence-electron chi connectivity index (χ3n) is 4.79. The number of rotatable bonds is 1. The Balaban J connectivity index is 0. The van der Waals surface area contributed by atoms with Crippen LogP contribution in [0.2, 0.25) is 0 Å². The average molecular weight is 244 g/mol. The summed E-state index contributed by atoms with van der Waals surface area (Å²) in [5.41, 5.74) is 0. The molecule has 0 saturated heterocycles. The van der Waals surface area contributed by atoms with E-state index >= 15 is 0 Å². The molecule has 0 aliphatic heterocycles. The second-order valence-corrected chi connectivity index (χ2v) is 6.04. The fraction of sp³-hybridized carbons (Fsp3) is 1.00. The van der Waals surface area contributed by atoms with Crippen molar-refractivity contribution in [1.82, 2.24) is 0 Å². The summed E-state index contributed by atoms with van der Waals surface area (Å²) in [5.74, 6) is 4.26. The van der Waals surface area contributed by atoms with Gasteiger partial charge in [-0.3, -0.25) is 0 Å². The minimum Gasteiger partial charge on any atom is -0.412 e. The first-order valence-corrected chi connectivity index (χ1v) is 7.75. The normalized spacial score (nSPS) is 37.4. The molecule has 106 valence electrons. The lowest BCUT2D eigenvalue weighted by atomic mass is 9.70. The van der Waals surface area contributed by atoms with Gasteiger partial charge >= 0.3 is 0 Å². The van der Waals surface area contributed by atoms with Gasteiger partial charge in [-0.15, -0.1) is 0 Å². The highest BCUT2D eigenvalue weighted by Crippen LogP contribution is 2.40. The van der Waals surface area contributed by atoms with Crippen LogP contribution in [-0.4, -0.2) is 5.48 Å². The van der Waals surface area contributed by atoms with Crippen LogP contribution in [0.1, 0.15) is 80.5 Å². The van der Waals surface area contributed by atoms with Crippen molar-refractivity contribution < 1.29 is 6.90 Å². The van der Waals surface area contributed by atoms with Gasteiger partial charge in [0.15, 0.2) is 0 Å². The summed E-state index contributed by atoms with van der Waals surface area (Å²) in [6.45, 7) is 8.86. The standard InChI is InChI=1S/C14H26.C2H6.H2O.H2/c1-11-3-7-13(8-4-11)14-9-5-12(2)6-10-14;1-2;;/h11-14H,3-10H2,1-2H3;1-2H3;1H2;1H. The Labute approximate surface area is 110 Å². The van der Waals surface area contributed by atoms with Crippen molar-refractivity contribution in [1.29, 1.82) is 0 Å². The van der Waals surface area contributed by atoms with Gasteiger partial charge in [0.05, 0.1) is 0 Å². The van der Waals surface area contributed by atoms with Gasteiger partial charge in [-0.25, -0.2) is 0 Å². The molecular weight excluding hydrogens is 208 g/mol. The fourth-order valence-electron chi connectivity index (χ4n) is 3.51. The Kier molecular flexibility index (Phi) is 8.94. The largest absolute Gasteiger partial charge is 0.412 e. The maximum atomic E-state index is 2.43. The van der Waals surface area contributed by atoms with E-state index in [0.717, 1.165) is 23.7 Å². The second-order valence-electron chi connectivity index (χ2n) is 6.04. The lowest BCUT2D eigenvalue weighted by Gasteiger charge is -2.36. The van der Waals surface area contributed by atoms with E-state index in [0.29, 0.717) is 0 Å². The SMILES string of the molecule is CC.CC1CCC(C2CCC(C)CC2)CC1.O.[HH]. The first-order valence-electron chi connectivity index (χ1n) is 7.75. The van der Waals surface area contributed by atoms with Crippen LogP contribution in [0.5, 0.6) is 0 Å². The van der Waals surface area contributed by atoms with E-state index in [1.165, 1.54) is 25.7 Å². The van der Waals surface area contributed by atoms with Crippen molar-refractivity contribution in [2.75, 3.05) is 0 Å². The molecule has 0 aromatic heterocycles. The van der Waals surface area contributed by atoms with Gasteiger partial charge in [0, 0.05) is 1.43 Å². The van der Waals surface area contributed by atoms with Crippen LogP contribution in [0.4, 0.5) is 0 Å². The van der Waals surface area contributed by atoms with Crippen LogP contribution in [0.15, 0.2) is 0 Å². The zero-order valence-corrected chi connectivity index (χ0v) is 12.5. The van der Waals surface area contributed by atoms with Crippen LogP contribution in [0.3, 0.4) is 0 Å². The highest BCUT2D eigenvalue weighted by molar-refractivity contribution is 4.80. The molecule has 0 aromatic rings.